The predicted octanol–water partition coefficient (Wildman–Crippen LogP) is 2.08. The highest BCUT2D eigenvalue weighted by Crippen LogP contribution is 2.15. The largest absolute Gasteiger partial charge is 0.330 e. The van der Waals surface area contributed by atoms with E-state index >= 15 is 0 Å². The Morgan fingerprint density at radius 3 is 2.08 bits per heavy atom. The van der Waals surface area contributed by atoms with Crippen molar-refractivity contribution in [2.45, 2.75) is 26.7 Å². The number of allylic oxidation sites excluding steroid dienone is 2. The van der Waals surface area contributed by atoms with Crippen molar-refractivity contribution in [3.63, 3.8) is 0 Å². The van der Waals surface area contributed by atoms with E-state index in [0.29, 0.717) is 11.8 Å². The second-order valence-corrected chi connectivity index (χ2v) is 3.40. The zero-order valence-corrected chi connectivity index (χ0v) is 7.96. The van der Waals surface area contributed by atoms with Crippen molar-refractivity contribution in [1.29, 1.82) is 5.26 Å². The molecule has 0 aromatic rings. The molecule has 1 rings (SSSR count). The minimum atomic E-state index is 0.292. The molecule has 1 aliphatic carbocycles. The topological polar surface area (TPSA) is 49.8 Å². The molecule has 0 saturated heterocycles. The standard InChI is InChI=1S/C6H7N.C4H11N/c7-5-6-3-1-2-4-6;1-4(2)3-5/h1-2,6H,3-4H2;4H,3,5H2,1-2H3. The quantitative estimate of drug-likeness (QED) is 0.606. The van der Waals surface area contributed by atoms with Crippen LogP contribution in [-0.2, 0) is 0 Å². The second-order valence-electron chi connectivity index (χ2n) is 3.40. The number of hydrogen-bond donors (Lipinski definition) is 1. The summed E-state index contributed by atoms with van der Waals surface area (Å²) in [6.45, 7) is 5.00. The van der Waals surface area contributed by atoms with E-state index in [0.717, 1.165) is 19.4 Å². The first-order valence-electron chi connectivity index (χ1n) is 4.45. The number of nitrogens with zero attached hydrogens (tertiary/aromatic N) is 1. The summed E-state index contributed by atoms with van der Waals surface area (Å²) < 4.78 is 0. The Labute approximate surface area is 75.1 Å². The molecule has 0 saturated carbocycles. The summed E-state index contributed by atoms with van der Waals surface area (Å²) in [5.74, 6) is 0.954. The first-order valence-corrected chi connectivity index (χ1v) is 4.45. The van der Waals surface area contributed by atoms with Gasteiger partial charge >= 0.3 is 0 Å². The zero-order valence-electron chi connectivity index (χ0n) is 7.96. The van der Waals surface area contributed by atoms with Gasteiger partial charge in [0.1, 0.15) is 0 Å². The summed E-state index contributed by atoms with van der Waals surface area (Å²) in [6.07, 6.45) is 6.06. The lowest BCUT2D eigenvalue weighted by Crippen LogP contribution is -2.05. The van der Waals surface area contributed by atoms with E-state index in [1.54, 1.807) is 0 Å². The van der Waals surface area contributed by atoms with Crippen LogP contribution in [0.15, 0.2) is 12.2 Å². The Morgan fingerprint density at radius 2 is 1.92 bits per heavy atom. The summed E-state index contributed by atoms with van der Waals surface area (Å²) >= 11 is 0. The summed E-state index contributed by atoms with van der Waals surface area (Å²) in [5, 5.41) is 8.28. The Morgan fingerprint density at radius 1 is 1.50 bits per heavy atom. The van der Waals surface area contributed by atoms with Gasteiger partial charge in [0, 0.05) is 0 Å². The molecule has 1 aliphatic rings. The lowest BCUT2D eigenvalue weighted by Gasteiger charge is -1.91. The molecule has 0 fully saturated rings. The van der Waals surface area contributed by atoms with Crippen LogP contribution in [0, 0.1) is 23.2 Å². The Bertz CT molecular complexity index is 157. The third kappa shape index (κ3) is 5.94. The van der Waals surface area contributed by atoms with Gasteiger partial charge in [0.2, 0.25) is 0 Å². The normalized spacial score (nSPS) is 15.6. The molecular weight excluding hydrogens is 148 g/mol. The summed E-state index contributed by atoms with van der Waals surface area (Å²) in [7, 11) is 0. The van der Waals surface area contributed by atoms with Crippen LogP contribution in [0.3, 0.4) is 0 Å². The van der Waals surface area contributed by atoms with Crippen molar-refractivity contribution in [2.24, 2.45) is 17.6 Å². The molecule has 2 heteroatoms. The highest BCUT2D eigenvalue weighted by Gasteiger charge is 2.06. The molecule has 0 amide bonds. The Balaban J connectivity index is 0.000000217. The van der Waals surface area contributed by atoms with Crippen LogP contribution in [0.1, 0.15) is 26.7 Å². The van der Waals surface area contributed by atoms with Crippen molar-refractivity contribution in [2.75, 3.05) is 6.54 Å². The molecule has 12 heavy (non-hydrogen) atoms. The van der Waals surface area contributed by atoms with Crippen molar-refractivity contribution < 1.29 is 0 Å². The number of nitriles is 1. The van der Waals surface area contributed by atoms with Gasteiger partial charge < -0.3 is 5.73 Å². The molecule has 0 atom stereocenters. The lowest BCUT2D eigenvalue weighted by atomic mass is 10.1. The van der Waals surface area contributed by atoms with Gasteiger partial charge in [0.15, 0.2) is 0 Å². The van der Waals surface area contributed by atoms with Crippen LogP contribution in [0.2, 0.25) is 0 Å². The van der Waals surface area contributed by atoms with E-state index in [2.05, 4.69) is 32.1 Å². The first kappa shape index (κ1) is 11.2. The molecule has 68 valence electrons. The van der Waals surface area contributed by atoms with Crippen LogP contribution in [0.4, 0.5) is 0 Å². The first-order chi connectivity index (χ1) is 5.70. The SMILES string of the molecule is CC(C)CN.N#CC1CC=CC1. The van der Waals surface area contributed by atoms with E-state index in [-0.39, 0.29) is 0 Å². The van der Waals surface area contributed by atoms with Crippen molar-refractivity contribution in [3.05, 3.63) is 12.2 Å². The highest BCUT2D eigenvalue weighted by atomic mass is 14.5. The average molecular weight is 166 g/mol. The summed E-state index contributed by atoms with van der Waals surface area (Å²) in [6, 6.07) is 2.20. The number of nitrogens with two attached hydrogens (primary N) is 1. The van der Waals surface area contributed by atoms with Crippen LogP contribution in [-0.4, -0.2) is 6.54 Å². The Kier molecular flexibility index (Phi) is 6.41. The van der Waals surface area contributed by atoms with Crippen molar-refractivity contribution in [3.8, 4) is 6.07 Å². The lowest BCUT2D eigenvalue weighted by molar-refractivity contribution is 0.664. The fraction of sp³-hybridized carbons (Fsp3) is 0.700. The highest BCUT2D eigenvalue weighted by molar-refractivity contribution is 5.02. The molecular formula is C10H18N2. The van der Waals surface area contributed by atoms with Crippen molar-refractivity contribution >= 4 is 0 Å². The molecule has 0 aromatic carbocycles. The van der Waals surface area contributed by atoms with Crippen LogP contribution in [0.5, 0.6) is 0 Å². The van der Waals surface area contributed by atoms with E-state index in [9.17, 15) is 0 Å². The van der Waals surface area contributed by atoms with E-state index < -0.39 is 0 Å². The summed E-state index contributed by atoms with van der Waals surface area (Å²) in [5.41, 5.74) is 5.17. The molecule has 2 nitrogen and oxygen atoms in total. The molecule has 0 aliphatic heterocycles. The van der Waals surface area contributed by atoms with E-state index in [4.69, 9.17) is 11.0 Å². The monoisotopic (exact) mass is 166 g/mol. The van der Waals surface area contributed by atoms with Gasteiger partial charge in [0.05, 0.1) is 12.0 Å². The maximum Gasteiger partial charge on any atom is 0.0662 e. The molecule has 0 heterocycles. The maximum atomic E-state index is 8.28. The molecule has 0 spiro atoms. The number of rotatable bonds is 1. The van der Waals surface area contributed by atoms with Gasteiger partial charge in [0.25, 0.3) is 0 Å². The maximum absolute atomic E-state index is 8.28. The number of hydrogen-bond acceptors (Lipinski definition) is 2. The Hall–Kier alpha value is -0.810. The van der Waals surface area contributed by atoms with E-state index in [1.807, 2.05) is 0 Å². The molecule has 0 aromatic heterocycles. The summed E-state index contributed by atoms with van der Waals surface area (Å²) in [4.78, 5) is 0. The van der Waals surface area contributed by atoms with Gasteiger partial charge in [-0.1, -0.05) is 26.0 Å². The minimum absolute atomic E-state index is 0.292. The second kappa shape index (κ2) is 6.87. The third-order valence-electron chi connectivity index (χ3n) is 1.66. The van der Waals surface area contributed by atoms with Gasteiger partial charge in [-0.3, -0.25) is 0 Å². The van der Waals surface area contributed by atoms with Crippen LogP contribution in [0.25, 0.3) is 0 Å². The van der Waals surface area contributed by atoms with E-state index in [1.165, 1.54) is 0 Å². The molecule has 0 unspecified atom stereocenters. The predicted molar refractivity (Wildman–Crippen MR) is 51.4 cm³/mol. The van der Waals surface area contributed by atoms with Gasteiger partial charge in [-0.25, -0.2) is 0 Å². The third-order valence-corrected chi connectivity index (χ3v) is 1.66. The fourth-order valence-corrected chi connectivity index (χ4v) is 0.723. The van der Waals surface area contributed by atoms with Crippen molar-refractivity contribution in [1.82, 2.24) is 0 Å². The van der Waals surface area contributed by atoms with Gasteiger partial charge in [-0.15, -0.1) is 0 Å². The molecule has 0 radical (unpaired) electrons. The van der Waals surface area contributed by atoms with Gasteiger partial charge in [-0.05, 0) is 25.3 Å². The van der Waals surface area contributed by atoms with Crippen LogP contribution < -0.4 is 5.73 Å². The zero-order chi connectivity index (χ0) is 9.40. The minimum Gasteiger partial charge on any atom is -0.330 e. The van der Waals surface area contributed by atoms with Crippen LogP contribution >= 0.6 is 0 Å². The molecule has 0 bridgehead atoms. The smallest absolute Gasteiger partial charge is 0.0662 e. The van der Waals surface area contributed by atoms with Gasteiger partial charge in [-0.2, -0.15) is 5.26 Å². The molecule has 2 N–H and O–H groups in total. The average Bonchev–Trinajstić information content (AvgIpc) is 2.57. The fourth-order valence-electron chi connectivity index (χ4n) is 0.723.